The van der Waals surface area contributed by atoms with Crippen molar-refractivity contribution in [3.05, 3.63) is 35.4 Å². The zero-order valence-electron chi connectivity index (χ0n) is 9.66. The minimum absolute atomic E-state index is 0.0220. The predicted molar refractivity (Wildman–Crippen MR) is 62.3 cm³/mol. The Bertz CT molecular complexity index is 453. The van der Waals surface area contributed by atoms with Crippen molar-refractivity contribution in [2.45, 2.75) is 25.4 Å². The van der Waals surface area contributed by atoms with Crippen LogP contribution in [0.1, 0.15) is 35.8 Å². The number of piperazine rings is 1. The van der Waals surface area contributed by atoms with Crippen LogP contribution in [-0.4, -0.2) is 29.4 Å². The van der Waals surface area contributed by atoms with E-state index in [4.69, 9.17) is 0 Å². The first-order valence-electron chi connectivity index (χ1n) is 5.73. The van der Waals surface area contributed by atoms with Gasteiger partial charge in [-0.25, -0.2) is 0 Å². The third-order valence-electron chi connectivity index (χ3n) is 3.53. The van der Waals surface area contributed by atoms with E-state index in [1.165, 1.54) is 5.56 Å². The van der Waals surface area contributed by atoms with Crippen LogP contribution in [-0.2, 0) is 0 Å². The van der Waals surface area contributed by atoms with Crippen molar-refractivity contribution in [3.8, 4) is 0 Å². The Kier molecular flexibility index (Phi) is 1.89. The number of hydrogen-bond donors (Lipinski definition) is 1. The van der Waals surface area contributed by atoms with Gasteiger partial charge in [0.1, 0.15) is 0 Å². The van der Waals surface area contributed by atoms with E-state index in [1.54, 1.807) is 0 Å². The van der Waals surface area contributed by atoms with E-state index in [1.807, 2.05) is 23.1 Å². The summed E-state index contributed by atoms with van der Waals surface area (Å²) >= 11 is 0. The fourth-order valence-electron chi connectivity index (χ4n) is 2.70. The lowest BCUT2D eigenvalue weighted by Crippen LogP contribution is -2.57. The molecule has 1 aromatic rings. The standard InChI is InChI=1S/C13H16N2O/c1-13(2)8-15-11(7-14-13)9-5-3-4-6-10(9)12(15)16/h3-6,11,14H,7-8H2,1-2H3. The quantitative estimate of drug-likeness (QED) is 0.714. The lowest BCUT2D eigenvalue weighted by atomic mass is 9.97. The smallest absolute Gasteiger partial charge is 0.254 e. The van der Waals surface area contributed by atoms with Crippen molar-refractivity contribution in [1.29, 1.82) is 0 Å². The van der Waals surface area contributed by atoms with E-state index < -0.39 is 0 Å². The van der Waals surface area contributed by atoms with E-state index in [9.17, 15) is 4.79 Å². The summed E-state index contributed by atoms with van der Waals surface area (Å²) in [7, 11) is 0. The average molecular weight is 216 g/mol. The minimum atomic E-state index is 0.0220. The highest BCUT2D eigenvalue weighted by Gasteiger charge is 2.42. The molecule has 2 aliphatic rings. The summed E-state index contributed by atoms with van der Waals surface area (Å²) in [6, 6.07) is 8.18. The van der Waals surface area contributed by atoms with Gasteiger partial charge in [-0.15, -0.1) is 0 Å². The number of carbonyl (C=O) groups excluding carboxylic acids is 1. The Morgan fingerprint density at radius 3 is 2.94 bits per heavy atom. The van der Waals surface area contributed by atoms with Crippen LogP contribution >= 0.6 is 0 Å². The molecule has 0 radical (unpaired) electrons. The van der Waals surface area contributed by atoms with Crippen molar-refractivity contribution in [2.75, 3.05) is 13.1 Å². The second kappa shape index (κ2) is 3.08. The molecule has 0 bridgehead atoms. The van der Waals surface area contributed by atoms with Crippen LogP contribution in [0.15, 0.2) is 24.3 Å². The van der Waals surface area contributed by atoms with Gasteiger partial charge >= 0.3 is 0 Å². The van der Waals surface area contributed by atoms with Crippen molar-refractivity contribution in [2.24, 2.45) is 0 Å². The molecule has 0 aliphatic carbocycles. The summed E-state index contributed by atoms with van der Waals surface area (Å²) in [6.07, 6.45) is 0. The summed E-state index contributed by atoms with van der Waals surface area (Å²) in [5.41, 5.74) is 2.08. The van der Waals surface area contributed by atoms with E-state index in [-0.39, 0.29) is 17.5 Å². The van der Waals surface area contributed by atoms with E-state index in [0.717, 1.165) is 18.7 Å². The molecule has 3 heteroatoms. The Morgan fingerprint density at radius 2 is 2.12 bits per heavy atom. The summed E-state index contributed by atoms with van der Waals surface area (Å²) in [5, 5.41) is 3.50. The molecule has 1 unspecified atom stereocenters. The molecule has 1 N–H and O–H groups in total. The lowest BCUT2D eigenvalue weighted by molar-refractivity contribution is 0.0570. The van der Waals surface area contributed by atoms with Gasteiger partial charge in [0.2, 0.25) is 0 Å². The first kappa shape index (κ1) is 9.85. The normalized spacial score (nSPS) is 26.5. The van der Waals surface area contributed by atoms with Crippen LogP contribution in [0, 0.1) is 0 Å². The molecule has 1 saturated heterocycles. The number of hydrogen-bond acceptors (Lipinski definition) is 2. The molecule has 3 rings (SSSR count). The molecule has 1 aromatic carbocycles. The molecule has 3 nitrogen and oxygen atoms in total. The van der Waals surface area contributed by atoms with E-state index in [2.05, 4.69) is 25.2 Å². The monoisotopic (exact) mass is 216 g/mol. The maximum Gasteiger partial charge on any atom is 0.254 e. The lowest BCUT2D eigenvalue weighted by Gasteiger charge is -2.41. The second-order valence-electron chi connectivity index (χ2n) is 5.30. The fourth-order valence-corrected chi connectivity index (χ4v) is 2.70. The highest BCUT2D eigenvalue weighted by atomic mass is 16.2. The second-order valence-corrected chi connectivity index (χ2v) is 5.30. The Hall–Kier alpha value is -1.35. The number of fused-ring (bicyclic) bond motifs is 3. The number of amides is 1. The van der Waals surface area contributed by atoms with Crippen LogP contribution in [0.2, 0.25) is 0 Å². The van der Waals surface area contributed by atoms with Gasteiger partial charge < -0.3 is 10.2 Å². The molecule has 1 amide bonds. The number of benzene rings is 1. The van der Waals surface area contributed by atoms with Crippen LogP contribution < -0.4 is 5.32 Å². The summed E-state index contributed by atoms with van der Waals surface area (Å²) in [4.78, 5) is 14.2. The molecular formula is C13H16N2O. The van der Waals surface area contributed by atoms with Gasteiger partial charge in [-0.05, 0) is 25.5 Å². The highest BCUT2D eigenvalue weighted by Crippen LogP contribution is 2.36. The van der Waals surface area contributed by atoms with E-state index in [0.29, 0.717) is 0 Å². The molecule has 1 fully saturated rings. The highest BCUT2D eigenvalue weighted by molar-refractivity contribution is 5.99. The molecule has 16 heavy (non-hydrogen) atoms. The molecule has 2 heterocycles. The first-order chi connectivity index (χ1) is 7.58. The molecule has 0 aromatic heterocycles. The maximum atomic E-state index is 12.2. The summed E-state index contributed by atoms with van der Waals surface area (Å²) < 4.78 is 0. The zero-order valence-corrected chi connectivity index (χ0v) is 9.66. The number of nitrogens with zero attached hydrogens (tertiary/aromatic N) is 1. The fraction of sp³-hybridized carbons (Fsp3) is 0.462. The largest absolute Gasteiger partial charge is 0.328 e. The van der Waals surface area contributed by atoms with Gasteiger partial charge in [0.15, 0.2) is 0 Å². The van der Waals surface area contributed by atoms with Crippen LogP contribution in [0.5, 0.6) is 0 Å². The van der Waals surface area contributed by atoms with Crippen molar-refractivity contribution >= 4 is 5.91 Å². The zero-order chi connectivity index (χ0) is 11.3. The molecule has 2 aliphatic heterocycles. The number of nitrogens with one attached hydrogen (secondary N) is 1. The Labute approximate surface area is 95.4 Å². The summed E-state index contributed by atoms with van der Waals surface area (Å²) in [6.45, 7) is 5.92. The molecule has 1 atom stereocenters. The van der Waals surface area contributed by atoms with Gasteiger partial charge in [-0.2, -0.15) is 0 Å². The van der Waals surface area contributed by atoms with Gasteiger partial charge in [-0.3, -0.25) is 4.79 Å². The van der Waals surface area contributed by atoms with Gasteiger partial charge in [0.25, 0.3) is 5.91 Å². The molecule has 0 saturated carbocycles. The third-order valence-corrected chi connectivity index (χ3v) is 3.53. The number of carbonyl (C=O) groups is 1. The van der Waals surface area contributed by atoms with Crippen LogP contribution in [0.4, 0.5) is 0 Å². The molecular weight excluding hydrogens is 200 g/mol. The third kappa shape index (κ3) is 1.28. The van der Waals surface area contributed by atoms with Crippen molar-refractivity contribution in [1.82, 2.24) is 10.2 Å². The summed E-state index contributed by atoms with van der Waals surface area (Å²) in [5.74, 6) is 0.190. The first-order valence-corrected chi connectivity index (χ1v) is 5.73. The van der Waals surface area contributed by atoms with Crippen molar-refractivity contribution < 1.29 is 4.79 Å². The van der Waals surface area contributed by atoms with Gasteiger partial charge in [0, 0.05) is 24.2 Å². The van der Waals surface area contributed by atoms with Crippen LogP contribution in [0.3, 0.4) is 0 Å². The topological polar surface area (TPSA) is 32.3 Å². The van der Waals surface area contributed by atoms with Gasteiger partial charge in [0.05, 0.1) is 6.04 Å². The Morgan fingerprint density at radius 1 is 1.38 bits per heavy atom. The Balaban J connectivity index is 2.03. The molecule has 0 spiro atoms. The maximum absolute atomic E-state index is 12.2. The minimum Gasteiger partial charge on any atom is -0.328 e. The van der Waals surface area contributed by atoms with Crippen LogP contribution in [0.25, 0.3) is 0 Å². The molecule has 84 valence electrons. The number of rotatable bonds is 0. The SMILES string of the molecule is CC1(C)CN2C(=O)c3ccccc3C2CN1. The average Bonchev–Trinajstić information content (AvgIpc) is 2.52. The van der Waals surface area contributed by atoms with Gasteiger partial charge in [-0.1, -0.05) is 18.2 Å². The van der Waals surface area contributed by atoms with Crippen molar-refractivity contribution in [3.63, 3.8) is 0 Å². The predicted octanol–water partition coefficient (Wildman–Crippen LogP) is 1.57. The van der Waals surface area contributed by atoms with E-state index >= 15 is 0 Å².